The highest BCUT2D eigenvalue weighted by Crippen LogP contribution is 2.23. The molecule has 2 aliphatic rings. The van der Waals surface area contributed by atoms with E-state index in [1.807, 2.05) is 35.8 Å². The number of amides is 2. The van der Waals surface area contributed by atoms with E-state index >= 15 is 0 Å². The third-order valence-corrected chi connectivity index (χ3v) is 4.75. The van der Waals surface area contributed by atoms with Gasteiger partial charge in [0.2, 0.25) is 11.8 Å². The number of pyridine rings is 1. The molecular formula is C17H24N4O2. The Hall–Kier alpha value is -2.11. The Morgan fingerprint density at radius 3 is 2.39 bits per heavy atom. The van der Waals surface area contributed by atoms with E-state index in [0.29, 0.717) is 26.1 Å². The minimum atomic E-state index is -0.169. The van der Waals surface area contributed by atoms with Crippen molar-refractivity contribution in [3.63, 3.8) is 0 Å². The molecule has 6 nitrogen and oxygen atoms in total. The summed E-state index contributed by atoms with van der Waals surface area (Å²) in [5.74, 6) is 0.0713. The number of anilines is 1. The average molecular weight is 316 g/mol. The molecule has 1 aromatic rings. The fourth-order valence-electron chi connectivity index (χ4n) is 3.39. The Kier molecular flexibility index (Phi) is 4.50. The highest BCUT2D eigenvalue weighted by molar-refractivity contribution is 5.89. The first-order valence-electron chi connectivity index (χ1n) is 8.29. The Bertz CT molecular complexity index is 567. The number of aromatic nitrogens is 1. The summed E-state index contributed by atoms with van der Waals surface area (Å²) in [6.45, 7) is 7.64. The number of carbonyl (C=O) groups is 2. The van der Waals surface area contributed by atoms with Gasteiger partial charge in [-0.3, -0.25) is 14.6 Å². The second-order valence-electron chi connectivity index (χ2n) is 6.56. The highest BCUT2D eigenvalue weighted by atomic mass is 16.2. The topological polar surface area (TPSA) is 56.8 Å². The van der Waals surface area contributed by atoms with E-state index in [2.05, 4.69) is 9.88 Å². The Morgan fingerprint density at radius 1 is 1.17 bits per heavy atom. The van der Waals surface area contributed by atoms with Crippen molar-refractivity contribution in [3.8, 4) is 0 Å². The van der Waals surface area contributed by atoms with Gasteiger partial charge >= 0.3 is 0 Å². The summed E-state index contributed by atoms with van der Waals surface area (Å²) in [6.07, 6.45) is 3.94. The van der Waals surface area contributed by atoms with Crippen LogP contribution in [-0.4, -0.2) is 65.4 Å². The molecule has 3 rings (SSSR count). The van der Waals surface area contributed by atoms with Crippen LogP contribution in [0.3, 0.4) is 0 Å². The minimum Gasteiger partial charge on any atom is -0.368 e. The minimum absolute atomic E-state index is 0.105. The van der Waals surface area contributed by atoms with Crippen LogP contribution in [0.4, 0.5) is 5.69 Å². The van der Waals surface area contributed by atoms with Crippen molar-refractivity contribution in [1.82, 2.24) is 14.8 Å². The maximum absolute atomic E-state index is 12.7. The molecule has 0 aromatic carbocycles. The van der Waals surface area contributed by atoms with Gasteiger partial charge < -0.3 is 14.7 Å². The van der Waals surface area contributed by atoms with Crippen LogP contribution in [0, 0.1) is 5.92 Å². The normalized spacial score (nSPS) is 22.1. The number of rotatable bonds is 3. The molecule has 2 amide bonds. The molecule has 124 valence electrons. The lowest BCUT2D eigenvalue weighted by Gasteiger charge is -2.37. The smallest absolute Gasteiger partial charge is 0.228 e. The van der Waals surface area contributed by atoms with Crippen LogP contribution in [0.2, 0.25) is 0 Å². The van der Waals surface area contributed by atoms with Crippen molar-refractivity contribution in [2.75, 3.05) is 37.6 Å². The molecule has 1 unspecified atom stereocenters. The van der Waals surface area contributed by atoms with Crippen molar-refractivity contribution >= 4 is 17.5 Å². The molecule has 3 heterocycles. The summed E-state index contributed by atoms with van der Waals surface area (Å²) in [6, 6.07) is 4.16. The van der Waals surface area contributed by atoms with Gasteiger partial charge in [-0.25, -0.2) is 0 Å². The maximum Gasteiger partial charge on any atom is 0.228 e. The van der Waals surface area contributed by atoms with Gasteiger partial charge in [0.1, 0.15) is 0 Å². The summed E-state index contributed by atoms with van der Waals surface area (Å²) in [4.78, 5) is 34.7. The number of carbonyl (C=O) groups excluding carboxylic acids is 2. The van der Waals surface area contributed by atoms with Crippen molar-refractivity contribution < 1.29 is 9.59 Å². The van der Waals surface area contributed by atoms with Crippen LogP contribution in [0.5, 0.6) is 0 Å². The molecule has 0 N–H and O–H groups in total. The second-order valence-corrected chi connectivity index (χ2v) is 6.56. The fourth-order valence-corrected chi connectivity index (χ4v) is 3.39. The van der Waals surface area contributed by atoms with Gasteiger partial charge in [0, 0.05) is 63.3 Å². The molecule has 6 heteroatoms. The van der Waals surface area contributed by atoms with Gasteiger partial charge in [-0.2, -0.15) is 0 Å². The number of likely N-dealkylation sites (tertiary alicyclic amines) is 1. The SMILES string of the molecule is CC(C)N1CC(C(=O)N2CCN(c3ccncc3)CC2)CC1=O. The Balaban J connectivity index is 1.56. The van der Waals surface area contributed by atoms with E-state index in [-0.39, 0.29) is 23.8 Å². The number of hydrogen-bond acceptors (Lipinski definition) is 4. The van der Waals surface area contributed by atoms with Crippen molar-refractivity contribution in [2.45, 2.75) is 26.3 Å². The van der Waals surface area contributed by atoms with Crippen LogP contribution in [0.1, 0.15) is 20.3 Å². The predicted octanol–water partition coefficient (Wildman–Crippen LogP) is 0.987. The zero-order valence-electron chi connectivity index (χ0n) is 13.8. The molecule has 1 atom stereocenters. The van der Waals surface area contributed by atoms with Gasteiger partial charge in [0.25, 0.3) is 0 Å². The summed E-state index contributed by atoms with van der Waals surface area (Å²) in [5.41, 5.74) is 1.15. The largest absolute Gasteiger partial charge is 0.368 e. The Labute approximate surface area is 137 Å². The third-order valence-electron chi connectivity index (χ3n) is 4.75. The van der Waals surface area contributed by atoms with Crippen LogP contribution in [-0.2, 0) is 9.59 Å². The molecule has 2 saturated heterocycles. The van der Waals surface area contributed by atoms with Crippen LogP contribution in [0.25, 0.3) is 0 Å². The van der Waals surface area contributed by atoms with Gasteiger partial charge in [-0.15, -0.1) is 0 Å². The fraction of sp³-hybridized carbons (Fsp3) is 0.588. The van der Waals surface area contributed by atoms with Crippen molar-refractivity contribution in [1.29, 1.82) is 0 Å². The molecule has 0 spiro atoms. The van der Waals surface area contributed by atoms with E-state index in [4.69, 9.17) is 0 Å². The highest BCUT2D eigenvalue weighted by Gasteiger charge is 2.38. The number of piperazine rings is 1. The summed E-state index contributed by atoms with van der Waals surface area (Å²) < 4.78 is 0. The molecule has 0 bridgehead atoms. The first kappa shape index (κ1) is 15.8. The number of nitrogens with zero attached hydrogens (tertiary/aromatic N) is 4. The molecule has 0 saturated carbocycles. The van der Waals surface area contributed by atoms with Crippen molar-refractivity contribution in [3.05, 3.63) is 24.5 Å². The van der Waals surface area contributed by atoms with E-state index < -0.39 is 0 Å². The summed E-state index contributed by atoms with van der Waals surface area (Å²) >= 11 is 0. The summed E-state index contributed by atoms with van der Waals surface area (Å²) in [5, 5.41) is 0. The predicted molar refractivity (Wildman–Crippen MR) is 88.0 cm³/mol. The van der Waals surface area contributed by atoms with Crippen molar-refractivity contribution in [2.24, 2.45) is 5.92 Å². The molecule has 2 aliphatic heterocycles. The van der Waals surface area contributed by atoms with E-state index in [1.165, 1.54) is 0 Å². The zero-order valence-corrected chi connectivity index (χ0v) is 13.8. The molecule has 0 radical (unpaired) electrons. The first-order valence-corrected chi connectivity index (χ1v) is 8.29. The van der Waals surface area contributed by atoms with Gasteiger partial charge in [0.05, 0.1) is 5.92 Å². The number of hydrogen-bond donors (Lipinski definition) is 0. The second kappa shape index (κ2) is 6.56. The molecule has 2 fully saturated rings. The monoisotopic (exact) mass is 316 g/mol. The lowest BCUT2D eigenvalue weighted by Crippen LogP contribution is -2.50. The molecule has 1 aromatic heterocycles. The standard InChI is InChI=1S/C17H24N4O2/c1-13(2)21-12-14(11-16(21)22)17(23)20-9-7-19(8-10-20)15-3-5-18-6-4-15/h3-6,13-14H,7-12H2,1-2H3. The zero-order chi connectivity index (χ0) is 16.4. The summed E-state index contributed by atoms with van der Waals surface area (Å²) in [7, 11) is 0. The first-order chi connectivity index (χ1) is 11.1. The third kappa shape index (κ3) is 3.30. The maximum atomic E-state index is 12.7. The van der Waals surface area contributed by atoms with Gasteiger partial charge in [-0.05, 0) is 26.0 Å². The van der Waals surface area contributed by atoms with E-state index in [1.54, 1.807) is 12.4 Å². The van der Waals surface area contributed by atoms with E-state index in [9.17, 15) is 9.59 Å². The van der Waals surface area contributed by atoms with Crippen LogP contribution >= 0.6 is 0 Å². The van der Waals surface area contributed by atoms with Gasteiger partial charge in [0.15, 0.2) is 0 Å². The molecular weight excluding hydrogens is 292 g/mol. The van der Waals surface area contributed by atoms with Crippen LogP contribution < -0.4 is 4.90 Å². The lowest BCUT2D eigenvalue weighted by molar-refractivity contribution is -0.136. The lowest BCUT2D eigenvalue weighted by atomic mass is 10.1. The Morgan fingerprint density at radius 2 is 1.83 bits per heavy atom. The quantitative estimate of drug-likeness (QED) is 0.834. The van der Waals surface area contributed by atoms with E-state index in [0.717, 1.165) is 18.8 Å². The molecule has 0 aliphatic carbocycles. The van der Waals surface area contributed by atoms with Gasteiger partial charge in [-0.1, -0.05) is 0 Å². The van der Waals surface area contributed by atoms with Crippen LogP contribution in [0.15, 0.2) is 24.5 Å². The molecule has 23 heavy (non-hydrogen) atoms. The average Bonchev–Trinajstić information content (AvgIpc) is 2.97.